The quantitative estimate of drug-likeness (QED) is 0.872. The molecule has 3 N–H and O–H groups in total. The van der Waals surface area contributed by atoms with Crippen LogP contribution in [0, 0.1) is 0 Å². The maximum atomic E-state index is 11.7. The Kier molecular flexibility index (Phi) is 3.94. The molecule has 0 saturated carbocycles. The van der Waals surface area contributed by atoms with Gasteiger partial charge in [0.05, 0.1) is 5.69 Å². The Labute approximate surface area is 107 Å². The van der Waals surface area contributed by atoms with Crippen molar-refractivity contribution < 1.29 is 4.79 Å². The molecule has 1 heterocycles. The van der Waals surface area contributed by atoms with Crippen LogP contribution in [0.1, 0.15) is 46.7 Å². The summed E-state index contributed by atoms with van der Waals surface area (Å²) >= 11 is 1.45. The molecule has 0 aromatic carbocycles. The number of nitrogens with zero attached hydrogens (tertiary/aromatic N) is 1. The number of nitrogens with two attached hydrogens (primary N) is 1. The summed E-state index contributed by atoms with van der Waals surface area (Å²) in [5, 5.41) is 5.40. The van der Waals surface area contributed by atoms with Crippen LogP contribution in [-0.4, -0.2) is 16.4 Å². The molecule has 0 aliphatic heterocycles. The Balaban J connectivity index is 2.65. The van der Waals surface area contributed by atoms with E-state index in [1.807, 2.05) is 19.2 Å². The second kappa shape index (κ2) is 4.74. The maximum absolute atomic E-state index is 11.7. The molecule has 17 heavy (non-hydrogen) atoms. The highest BCUT2D eigenvalue weighted by Crippen LogP contribution is 2.26. The first kappa shape index (κ1) is 14.1. The van der Waals surface area contributed by atoms with Crippen molar-refractivity contribution >= 4 is 22.4 Å². The van der Waals surface area contributed by atoms with Gasteiger partial charge in [0.15, 0.2) is 5.13 Å². The number of hydrogen-bond acceptors (Lipinski definition) is 4. The predicted molar refractivity (Wildman–Crippen MR) is 72.3 cm³/mol. The normalized spacial score (nSPS) is 12.6. The summed E-state index contributed by atoms with van der Waals surface area (Å²) in [4.78, 5) is 16.1. The molecule has 1 rings (SSSR count). The number of thiazole rings is 1. The zero-order chi connectivity index (χ0) is 13.3. The Hall–Kier alpha value is -0.940. The molecule has 0 bridgehead atoms. The van der Waals surface area contributed by atoms with Crippen LogP contribution in [0.15, 0.2) is 5.38 Å². The van der Waals surface area contributed by atoms with E-state index in [1.165, 1.54) is 11.3 Å². The van der Waals surface area contributed by atoms with Crippen molar-refractivity contribution in [2.75, 3.05) is 5.32 Å². The minimum Gasteiger partial charge on any atom is -0.325 e. The number of rotatable bonds is 3. The maximum Gasteiger partial charge on any atom is 0.227 e. The molecule has 0 fully saturated rings. The summed E-state index contributed by atoms with van der Waals surface area (Å²) in [6, 6.07) is 0. The van der Waals surface area contributed by atoms with E-state index in [1.54, 1.807) is 0 Å². The van der Waals surface area contributed by atoms with E-state index in [-0.39, 0.29) is 17.7 Å². The second-order valence-corrected chi connectivity index (χ2v) is 6.86. The lowest BCUT2D eigenvalue weighted by atomic mass is 9.93. The minimum absolute atomic E-state index is 0.00656. The molecular weight excluding hydrogens is 234 g/mol. The Morgan fingerprint density at radius 3 is 2.41 bits per heavy atom. The molecule has 0 saturated heterocycles. The van der Waals surface area contributed by atoms with Gasteiger partial charge in [-0.05, 0) is 13.8 Å². The van der Waals surface area contributed by atoms with E-state index < -0.39 is 5.54 Å². The number of carbonyl (C=O) groups is 1. The summed E-state index contributed by atoms with van der Waals surface area (Å²) in [7, 11) is 0. The van der Waals surface area contributed by atoms with Crippen molar-refractivity contribution in [3.8, 4) is 0 Å². The van der Waals surface area contributed by atoms with Crippen molar-refractivity contribution in [1.29, 1.82) is 0 Å². The van der Waals surface area contributed by atoms with E-state index in [0.29, 0.717) is 5.13 Å². The van der Waals surface area contributed by atoms with Crippen LogP contribution in [0.25, 0.3) is 0 Å². The van der Waals surface area contributed by atoms with Gasteiger partial charge in [-0.3, -0.25) is 4.79 Å². The molecular formula is C12H21N3OS. The van der Waals surface area contributed by atoms with Gasteiger partial charge in [0, 0.05) is 22.8 Å². The van der Waals surface area contributed by atoms with Crippen molar-refractivity contribution in [1.82, 2.24) is 4.98 Å². The number of amides is 1. The number of anilines is 1. The van der Waals surface area contributed by atoms with E-state index in [2.05, 4.69) is 31.1 Å². The van der Waals surface area contributed by atoms with Gasteiger partial charge in [-0.15, -0.1) is 11.3 Å². The number of aromatic nitrogens is 1. The summed E-state index contributed by atoms with van der Waals surface area (Å²) in [6.45, 7) is 9.94. The van der Waals surface area contributed by atoms with E-state index in [9.17, 15) is 4.79 Å². The largest absolute Gasteiger partial charge is 0.325 e. The summed E-state index contributed by atoms with van der Waals surface area (Å²) in [5.41, 5.74) is 6.29. The molecule has 0 aliphatic rings. The SMILES string of the molecule is CC(C)(N)CC(=O)Nc1nc(C(C)(C)C)cs1. The van der Waals surface area contributed by atoms with Crippen LogP contribution in [-0.2, 0) is 10.2 Å². The van der Waals surface area contributed by atoms with E-state index >= 15 is 0 Å². The lowest BCUT2D eigenvalue weighted by molar-refractivity contribution is -0.117. The van der Waals surface area contributed by atoms with Gasteiger partial charge in [0.2, 0.25) is 5.91 Å². The molecule has 0 spiro atoms. The fourth-order valence-corrected chi connectivity index (χ4v) is 2.21. The zero-order valence-corrected chi connectivity index (χ0v) is 11.9. The average molecular weight is 255 g/mol. The molecule has 96 valence electrons. The Morgan fingerprint density at radius 1 is 1.41 bits per heavy atom. The first-order valence-corrected chi connectivity index (χ1v) is 6.51. The van der Waals surface area contributed by atoms with Crippen molar-refractivity contribution in [3.05, 3.63) is 11.1 Å². The summed E-state index contributed by atoms with van der Waals surface area (Å²) < 4.78 is 0. The lowest BCUT2D eigenvalue weighted by Crippen LogP contribution is -2.36. The van der Waals surface area contributed by atoms with Crippen molar-refractivity contribution in [2.24, 2.45) is 5.73 Å². The third kappa shape index (κ3) is 4.83. The number of carbonyl (C=O) groups excluding carboxylic acids is 1. The van der Waals surface area contributed by atoms with Crippen LogP contribution in [0.5, 0.6) is 0 Å². The monoisotopic (exact) mass is 255 g/mol. The van der Waals surface area contributed by atoms with Crippen LogP contribution in [0.2, 0.25) is 0 Å². The zero-order valence-electron chi connectivity index (χ0n) is 11.1. The van der Waals surface area contributed by atoms with Gasteiger partial charge in [-0.1, -0.05) is 20.8 Å². The first-order valence-electron chi connectivity index (χ1n) is 5.63. The summed E-state index contributed by atoms with van der Waals surface area (Å²) in [5.74, 6) is -0.0905. The highest BCUT2D eigenvalue weighted by Gasteiger charge is 2.20. The molecule has 1 amide bonds. The van der Waals surface area contributed by atoms with E-state index in [4.69, 9.17) is 5.73 Å². The standard InChI is InChI=1S/C12H21N3OS/c1-11(2,3)8-7-17-10(14-8)15-9(16)6-12(4,5)13/h7H,6,13H2,1-5H3,(H,14,15,16). The third-order valence-electron chi connectivity index (χ3n) is 2.14. The molecule has 0 unspecified atom stereocenters. The van der Waals surface area contributed by atoms with Crippen LogP contribution in [0.4, 0.5) is 5.13 Å². The van der Waals surface area contributed by atoms with Gasteiger partial charge in [0.1, 0.15) is 0 Å². The summed E-state index contributed by atoms with van der Waals surface area (Å²) in [6.07, 6.45) is 0.289. The van der Waals surface area contributed by atoms with Crippen LogP contribution < -0.4 is 11.1 Å². The van der Waals surface area contributed by atoms with Crippen LogP contribution >= 0.6 is 11.3 Å². The molecule has 4 nitrogen and oxygen atoms in total. The topological polar surface area (TPSA) is 68.0 Å². The molecule has 1 aromatic rings. The Morgan fingerprint density at radius 2 is 2.00 bits per heavy atom. The predicted octanol–water partition coefficient (Wildman–Crippen LogP) is 2.51. The van der Waals surface area contributed by atoms with Gasteiger partial charge in [-0.25, -0.2) is 4.98 Å². The first-order chi connectivity index (χ1) is 7.58. The second-order valence-electron chi connectivity index (χ2n) is 6.00. The molecule has 5 heteroatoms. The molecule has 0 atom stereocenters. The highest BCUT2D eigenvalue weighted by molar-refractivity contribution is 7.13. The molecule has 0 radical (unpaired) electrons. The lowest BCUT2D eigenvalue weighted by Gasteiger charge is -2.17. The van der Waals surface area contributed by atoms with Gasteiger partial charge in [-0.2, -0.15) is 0 Å². The Bertz CT molecular complexity index is 399. The van der Waals surface area contributed by atoms with Crippen LogP contribution in [0.3, 0.4) is 0 Å². The minimum atomic E-state index is -0.492. The fraction of sp³-hybridized carbons (Fsp3) is 0.667. The average Bonchev–Trinajstić information content (AvgIpc) is 2.47. The van der Waals surface area contributed by atoms with Gasteiger partial charge < -0.3 is 11.1 Å². The van der Waals surface area contributed by atoms with Crippen molar-refractivity contribution in [2.45, 2.75) is 52.0 Å². The smallest absolute Gasteiger partial charge is 0.227 e. The van der Waals surface area contributed by atoms with E-state index in [0.717, 1.165) is 5.69 Å². The van der Waals surface area contributed by atoms with Gasteiger partial charge in [0.25, 0.3) is 0 Å². The molecule has 0 aliphatic carbocycles. The number of hydrogen-bond donors (Lipinski definition) is 2. The fourth-order valence-electron chi connectivity index (χ4n) is 1.25. The van der Waals surface area contributed by atoms with Crippen molar-refractivity contribution in [3.63, 3.8) is 0 Å². The highest BCUT2D eigenvalue weighted by atomic mass is 32.1. The third-order valence-corrected chi connectivity index (χ3v) is 2.89. The number of nitrogens with one attached hydrogen (secondary N) is 1. The molecule has 1 aromatic heterocycles. The van der Waals surface area contributed by atoms with Gasteiger partial charge >= 0.3 is 0 Å².